The zero-order chi connectivity index (χ0) is 21.9. The number of amides is 1. The number of benzene rings is 2. The Balaban J connectivity index is 1.76. The van der Waals surface area contributed by atoms with Crippen molar-refractivity contribution in [2.45, 2.75) is 18.4 Å². The molecular formula is C23H29ClFN3O2. The zero-order valence-electron chi connectivity index (χ0n) is 17.4. The Bertz CT molecular complexity index is 908. The molecule has 1 heterocycles. The van der Waals surface area contributed by atoms with E-state index in [1.807, 2.05) is 20.2 Å². The van der Waals surface area contributed by atoms with Gasteiger partial charge in [0, 0.05) is 42.7 Å². The zero-order valence-corrected chi connectivity index (χ0v) is 18.2. The minimum Gasteiger partial charge on any atom is -0.385 e. The van der Waals surface area contributed by atoms with Crippen LogP contribution in [0.5, 0.6) is 0 Å². The summed E-state index contributed by atoms with van der Waals surface area (Å²) in [5, 5.41) is 12.1. The molecule has 2 aromatic rings. The third-order valence-electron chi connectivity index (χ3n) is 5.91. The molecule has 7 heteroatoms. The number of aliphatic hydroxyl groups is 1. The van der Waals surface area contributed by atoms with Crippen LogP contribution in [-0.4, -0.2) is 61.1 Å². The van der Waals surface area contributed by atoms with Gasteiger partial charge in [-0.2, -0.15) is 0 Å². The molecule has 2 atom stereocenters. The van der Waals surface area contributed by atoms with E-state index in [1.54, 1.807) is 24.3 Å². The number of carbonyl (C=O) groups excluding carboxylic acids is 1. The summed E-state index contributed by atoms with van der Waals surface area (Å²) in [4.78, 5) is 16.0. The van der Waals surface area contributed by atoms with Gasteiger partial charge in [-0.3, -0.25) is 4.79 Å². The molecule has 162 valence electrons. The van der Waals surface area contributed by atoms with Gasteiger partial charge in [0.15, 0.2) is 0 Å². The van der Waals surface area contributed by atoms with E-state index in [4.69, 9.17) is 17.3 Å². The van der Waals surface area contributed by atoms with Crippen molar-refractivity contribution < 1.29 is 14.3 Å². The maximum Gasteiger partial charge on any atom is 0.248 e. The summed E-state index contributed by atoms with van der Waals surface area (Å²) in [5.74, 6) is -0.887. The molecule has 0 saturated carbocycles. The molecular weight excluding hydrogens is 405 g/mol. The smallest absolute Gasteiger partial charge is 0.248 e. The van der Waals surface area contributed by atoms with Crippen LogP contribution >= 0.6 is 11.6 Å². The molecule has 1 amide bonds. The lowest BCUT2D eigenvalue weighted by atomic mass is 9.75. The van der Waals surface area contributed by atoms with Crippen molar-refractivity contribution in [3.8, 4) is 0 Å². The average Bonchev–Trinajstić information content (AvgIpc) is 2.69. The van der Waals surface area contributed by atoms with Crippen molar-refractivity contribution in [1.82, 2.24) is 9.80 Å². The van der Waals surface area contributed by atoms with Crippen LogP contribution in [0.15, 0.2) is 42.5 Å². The van der Waals surface area contributed by atoms with Crippen LogP contribution in [0.3, 0.4) is 0 Å². The molecule has 0 unspecified atom stereocenters. The van der Waals surface area contributed by atoms with Crippen LogP contribution in [-0.2, 0) is 12.0 Å². The second-order valence-corrected chi connectivity index (χ2v) is 8.77. The minimum absolute atomic E-state index is 0.0481. The fourth-order valence-electron chi connectivity index (χ4n) is 4.26. The van der Waals surface area contributed by atoms with Gasteiger partial charge in [-0.1, -0.05) is 29.8 Å². The molecule has 5 nitrogen and oxygen atoms in total. The number of nitrogens with two attached hydrogens (primary N) is 1. The molecule has 1 saturated heterocycles. The fourth-order valence-corrected chi connectivity index (χ4v) is 4.53. The molecule has 30 heavy (non-hydrogen) atoms. The van der Waals surface area contributed by atoms with Crippen LogP contribution < -0.4 is 5.73 Å². The monoisotopic (exact) mass is 433 g/mol. The molecule has 1 aliphatic rings. The number of hydrogen-bond acceptors (Lipinski definition) is 4. The van der Waals surface area contributed by atoms with Crippen molar-refractivity contribution in [3.05, 3.63) is 70.0 Å². The second-order valence-electron chi connectivity index (χ2n) is 8.36. The Morgan fingerprint density at radius 3 is 2.77 bits per heavy atom. The Hall–Kier alpha value is -1.99. The van der Waals surface area contributed by atoms with E-state index in [-0.39, 0.29) is 11.7 Å². The standard InChI is InChI=1S/C23H29ClFN3O2/c1-27(2)14-19-15-28(10-8-16-6-7-20(25)13-21(16)24)11-9-23(19,30)18-5-3-4-17(12-18)22(26)29/h3-7,12-13,19,30H,8-11,14-15H2,1-2H3,(H2,26,29)/t19-,23-/m0/s1. The Morgan fingerprint density at radius 2 is 2.10 bits per heavy atom. The molecule has 0 radical (unpaired) electrons. The predicted octanol–water partition coefficient (Wildman–Crippen LogP) is 2.89. The highest BCUT2D eigenvalue weighted by molar-refractivity contribution is 6.31. The van der Waals surface area contributed by atoms with Crippen LogP contribution in [0, 0.1) is 11.7 Å². The third kappa shape index (κ3) is 5.19. The summed E-state index contributed by atoms with van der Waals surface area (Å²) in [6.07, 6.45) is 1.26. The first-order valence-electron chi connectivity index (χ1n) is 10.1. The number of nitrogens with zero attached hydrogens (tertiary/aromatic N) is 2. The molecule has 0 aliphatic carbocycles. The highest BCUT2D eigenvalue weighted by atomic mass is 35.5. The summed E-state index contributed by atoms with van der Waals surface area (Å²) in [6.45, 7) is 2.88. The molecule has 0 aromatic heterocycles. The van der Waals surface area contributed by atoms with Crippen molar-refractivity contribution in [2.75, 3.05) is 40.3 Å². The van der Waals surface area contributed by atoms with Gasteiger partial charge < -0.3 is 20.6 Å². The topological polar surface area (TPSA) is 69.8 Å². The first kappa shape index (κ1) is 22.7. The quantitative estimate of drug-likeness (QED) is 0.704. The van der Waals surface area contributed by atoms with Gasteiger partial charge in [0.25, 0.3) is 0 Å². The van der Waals surface area contributed by atoms with Crippen LogP contribution in [0.4, 0.5) is 4.39 Å². The molecule has 0 spiro atoms. The Kier molecular flexibility index (Phi) is 7.14. The summed E-state index contributed by atoms with van der Waals surface area (Å²) in [5.41, 5.74) is 6.44. The maximum absolute atomic E-state index is 13.3. The number of piperidine rings is 1. The van der Waals surface area contributed by atoms with Gasteiger partial charge in [0.2, 0.25) is 5.91 Å². The van der Waals surface area contributed by atoms with Crippen LogP contribution in [0.1, 0.15) is 27.9 Å². The van der Waals surface area contributed by atoms with E-state index in [1.165, 1.54) is 12.1 Å². The molecule has 1 fully saturated rings. The average molecular weight is 434 g/mol. The maximum atomic E-state index is 13.3. The third-order valence-corrected chi connectivity index (χ3v) is 6.26. The normalized spacial score (nSPS) is 22.4. The van der Waals surface area contributed by atoms with Gasteiger partial charge in [-0.05, 0) is 62.3 Å². The number of halogens is 2. The van der Waals surface area contributed by atoms with Gasteiger partial charge >= 0.3 is 0 Å². The van der Waals surface area contributed by atoms with E-state index in [9.17, 15) is 14.3 Å². The summed E-state index contributed by atoms with van der Waals surface area (Å²) in [6, 6.07) is 11.5. The molecule has 2 aromatic carbocycles. The molecule has 3 rings (SSSR count). The second kappa shape index (κ2) is 9.43. The lowest BCUT2D eigenvalue weighted by molar-refractivity contribution is -0.0843. The van der Waals surface area contributed by atoms with E-state index >= 15 is 0 Å². The fraction of sp³-hybridized carbons (Fsp3) is 0.435. The van der Waals surface area contributed by atoms with Crippen molar-refractivity contribution in [2.24, 2.45) is 11.7 Å². The summed E-state index contributed by atoms with van der Waals surface area (Å²) in [7, 11) is 3.97. The summed E-state index contributed by atoms with van der Waals surface area (Å²) >= 11 is 6.17. The number of carbonyl (C=O) groups is 1. The highest BCUT2D eigenvalue weighted by Gasteiger charge is 2.43. The van der Waals surface area contributed by atoms with Crippen molar-refractivity contribution >= 4 is 17.5 Å². The minimum atomic E-state index is -1.04. The van der Waals surface area contributed by atoms with E-state index in [2.05, 4.69) is 9.80 Å². The van der Waals surface area contributed by atoms with Crippen molar-refractivity contribution in [3.63, 3.8) is 0 Å². The van der Waals surface area contributed by atoms with E-state index < -0.39 is 11.5 Å². The van der Waals surface area contributed by atoms with E-state index in [0.717, 1.165) is 17.7 Å². The van der Waals surface area contributed by atoms with Gasteiger partial charge in [0.1, 0.15) is 5.82 Å². The van der Waals surface area contributed by atoms with E-state index in [0.29, 0.717) is 43.1 Å². The first-order valence-corrected chi connectivity index (χ1v) is 10.5. The molecule has 3 N–H and O–H groups in total. The van der Waals surface area contributed by atoms with Crippen LogP contribution in [0.2, 0.25) is 5.02 Å². The SMILES string of the molecule is CN(C)C[C@H]1CN(CCc2ccc(F)cc2Cl)CC[C@]1(O)c1cccc(C(N)=O)c1. The van der Waals surface area contributed by atoms with Crippen molar-refractivity contribution in [1.29, 1.82) is 0 Å². The Labute approximate surface area is 182 Å². The lowest BCUT2D eigenvalue weighted by Gasteiger charge is -2.46. The Morgan fingerprint density at radius 1 is 1.33 bits per heavy atom. The van der Waals surface area contributed by atoms with Crippen LogP contribution in [0.25, 0.3) is 0 Å². The molecule has 1 aliphatic heterocycles. The number of likely N-dealkylation sites (tertiary alicyclic amines) is 1. The number of hydrogen-bond donors (Lipinski definition) is 2. The molecule has 0 bridgehead atoms. The lowest BCUT2D eigenvalue weighted by Crippen LogP contribution is -2.53. The number of primary amides is 1. The largest absolute Gasteiger partial charge is 0.385 e. The first-order chi connectivity index (χ1) is 14.2. The highest BCUT2D eigenvalue weighted by Crippen LogP contribution is 2.38. The summed E-state index contributed by atoms with van der Waals surface area (Å²) < 4.78 is 13.3. The predicted molar refractivity (Wildman–Crippen MR) is 117 cm³/mol. The number of rotatable bonds is 7. The van der Waals surface area contributed by atoms with Gasteiger partial charge in [-0.25, -0.2) is 4.39 Å². The van der Waals surface area contributed by atoms with Gasteiger partial charge in [-0.15, -0.1) is 0 Å². The van der Waals surface area contributed by atoms with Gasteiger partial charge in [0.05, 0.1) is 5.60 Å².